The molecule has 3 aliphatic rings. The SMILES string of the molecule is O=C(c1ccc2[nH]ncc2c1)N1CCC2(CC1)C(=O)N(Cc1nc(C3CC3)no1)CN2c1ccccc1. The van der Waals surface area contributed by atoms with E-state index in [1.54, 1.807) is 6.20 Å². The first kappa shape index (κ1) is 22.0. The molecule has 2 saturated heterocycles. The van der Waals surface area contributed by atoms with Gasteiger partial charge >= 0.3 is 0 Å². The number of nitrogens with one attached hydrogen (secondary N) is 1. The van der Waals surface area contributed by atoms with Gasteiger partial charge in [-0.05, 0) is 56.0 Å². The van der Waals surface area contributed by atoms with Crippen LogP contribution in [-0.4, -0.2) is 67.2 Å². The highest BCUT2D eigenvalue weighted by atomic mass is 16.5. The molecule has 2 aromatic carbocycles. The maximum Gasteiger partial charge on any atom is 0.253 e. The number of H-pyrrole nitrogens is 1. The van der Waals surface area contributed by atoms with Crippen LogP contribution >= 0.6 is 0 Å². The van der Waals surface area contributed by atoms with Gasteiger partial charge in [0, 0.05) is 35.6 Å². The van der Waals surface area contributed by atoms with Crippen molar-refractivity contribution in [3.8, 4) is 0 Å². The van der Waals surface area contributed by atoms with E-state index >= 15 is 0 Å². The van der Waals surface area contributed by atoms with E-state index < -0.39 is 5.54 Å². The average molecular weight is 498 g/mol. The summed E-state index contributed by atoms with van der Waals surface area (Å²) in [5.74, 6) is 1.65. The number of rotatable bonds is 5. The number of para-hydroxylation sites is 1. The van der Waals surface area contributed by atoms with E-state index in [1.165, 1.54) is 0 Å². The summed E-state index contributed by atoms with van der Waals surface area (Å²) in [7, 11) is 0. The van der Waals surface area contributed by atoms with E-state index in [9.17, 15) is 9.59 Å². The van der Waals surface area contributed by atoms with Crippen molar-refractivity contribution in [2.45, 2.75) is 43.7 Å². The zero-order valence-electron chi connectivity index (χ0n) is 20.3. The Labute approximate surface area is 213 Å². The molecular formula is C27H27N7O3. The highest BCUT2D eigenvalue weighted by molar-refractivity contribution is 5.98. The van der Waals surface area contributed by atoms with Gasteiger partial charge in [-0.15, -0.1) is 0 Å². The van der Waals surface area contributed by atoms with Crippen LogP contribution in [0.1, 0.15) is 53.7 Å². The Hall–Kier alpha value is -4.21. The summed E-state index contributed by atoms with van der Waals surface area (Å²) < 4.78 is 5.48. The second kappa shape index (κ2) is 8.43. The van der Waals surface area contributed by atoms with E-state index in [0.29, 0.717) is 50.0 Å². The summed E-state index contributed by atoms with van der Waals surface area (Å²) in [4.78, 5) is 37.7. The number of anilines is 1. The molecule has 4 aromatic rings. The second-order valence-electron chi connectivity index (χ2n) is 10.2. The van der Waals surface area contributed by atoms with Gasteiger partial charge in [0.15, 0.2) is 5.82 Å². The molecule has 2 aliphatic heterocycles. The van der Waals surface area contributed by atoms with Gasteiger partial charge in [0.1, 0.15) is 12.1 Å². The first-order valence-electron chi connectivity index (χ1n) is 12.8. The predicted octanol–water partition coefficient (Wildman–Crippen LogP) is 3.30. The minimum Gasteiger partial charge on any atom is -0.339 e. The molecule has 0 unspecified atom stereocenters. The van der Waals surface area contributed by atoms with Crippen LogP contribution in [0, 0.1) is 0 Å². The maximum atomic E-state index is 14.0. The summed E-state index contributed by atoms with van der Waals surface area (Å²) in [6.07, 6.45) is 5.01. The Morgan fingerprint density at radius 2 is 1.92 bits per heavy atom. The number of carbonyl (C=O) groups excluding carboxylic acids is 2. The number of benzene rings is 2. The van der Waals surface area contributed by atoms with Crippen LogP contribution in [0.15, 0.2) is 59.3 Å². The topological polar surface area (TPSA) is 111 Å². The monoisotopic (exact) mass is 497 g/mol. The van der Waals surface area contributed by atoms with Gasteiger partial charge in [-0.3, -0.25) is 14.7 Å². The fourth-order valence-electron chi connectivity index (χ4n) is 5.66. The van der Waals surface area contributed by atoms with Crippen molar-refractivity contribution in [3.05, 3.63) is 72.0 Å². The summed E-state index contributed by atoms with van der Waals surface area (Å²) >= 11 is 0. The van der Waals surface area contributed by atoms with Crippen molar-refractivity contribution in [2.24, 2.45) is 0 Å². The first-order valence-corrected chi connectivity index (χ1v) is 12.8. The Morgan fingerprint density at radius 3 is 2.70 bits per heavy atom. The van der Waals surface area contributed by atoms with Gasteiger partial charge in [0.25, 0.3) is 11.8 Å². The molecule has 7 rings (SSSR count). The van der Waals surface area contributed by atoms with Crippen molar-refractivity contribution in [2.75, 3.05) is 24.7 Å². The van der Waals surface area contributed by atoms with Crippen LogP contribution in [0.25, 0.3) is 10.9 Å². The smallest absolute Gasteiger partial charge is 0.253 e. The van der Waals surface area contributed by atoms with Crippen molar-refractivity contribution in [3.63, 3.8) is 0 Å². The normalized spacial score (nSPS) is 19.4. The average Bonchev–Trinajstić information content (AvgIpc) is 3.39. The lowest BCUT2D eigenvalue weighted by atomic mass is 9.85. The number of nitrogens with zero attached hydrogens (tertiary/aromatic N) is 6. The van der Waals surface area contributed by atoms with E-state index in [0.717, 1.165) is 35.3 Å². The molecule has 37 heavy (non-hydrogen) atoms. The largest absolute Gasteiger partial charge is 0.339 e. The number of fused-ring (bicyclic) bond motifs is 1. The number of aromatic amines is 1. The van der Waals surface area contributed by atoms with Gasteiger partial charge in [-0.25, -0.2) is 0 Å². The molecule has 1 N–H and O–H groups in total. The molecule has 0 bridgehead atoms. The van der Waals surface area contributed by atoms with E-state index in [-0.39, 0.29) is 18.4 Å². The maximum absolute atomic E-state index is 14.0. The van der Waals surface area contributed by atoms with Crippen molar-refractivity contribution in [1.29, 1.82) is 0 Å². The molecule has 4 heterocycles. The van der Waals surface area contributed by atoms with Crippen LogP contribution < -0.4 is 4.90 Å². The number of carbonyl (C=O) groups is 2. The van der Waals surface area contributed by atoms with Crippen LogP contribution in [0.3, 0.4) is 0 Å². The summed E-state index contributed by atoms with van der Waals surface area (Å²) in [6, 6.07) is 15.6. The van der Waals surface area contributed by atoms with Crippen LogP contribution in [0.2, 0.25) is 0 Å². The number of hydrogen-bond acceptors (Lipinski definition) is 7. The Kier molecular flexibility index (Phi) is 5.02. The Balaban J connectivity index is 1.13. The van der Waals surface area contributed by atoms with Crippen molar-refractivity contribution < 1.29 is 14.1 Å². The zero-order valence-corrected chi connectivity index (χ0v) is 20.3. The summed E-state index contributed by atoms with van der Waals surface area (Å²) in [6.45, 7) is 1.72. The molecule has 2 amide bonds. The van der Waals surface area contributed by atoms with Crippen LogP contribution in [-0.2, 0) is 11.3 Å². The predicted molar refractivity (Wildman–Crippen MR) is 135 cm³/mol. The molecule has 3 fully saturated rings. The lowest BCUT2D eigenvalue weighted by Crippen LogP contribution is -2.57. The van der Waals surface area contributed by atoms with Gasteiger partial charge in [0.2, 0.25) is 5.89 Å². The standard InChI is InChI=1S/C27H27N7O3/c35-25(19-8-9-22-20(14-19)15-28-30-22)32-12-10-27(11-13-32)26(36)33(17-34(27)21-4-2-1-3-5-21)16-23-29-24(31-37-23)18-6-7-18/h1-5,8-9,14-15,18H,6-7,10-13,16-17H2,(H,28,30). The molecule has 0 atom stereocenters. The first-order chi connectivity index (χ1) is 18.1. The lowest BCUT2D eigenvalue weighted by Gasteiger charge is -2.43. The third kappa shape index (κ3) is 3.75. The molecule has 10 heteroatoms. The van der Waals surface area contributed by atoms with Crippen LogP contribution in [0.4, 0.5) is 5.69 Å². The molecule has 2 aromatic heterocycles. The van der Waals surface area contributed by atoms with Gasteiger partial charge in [0.05, 0.1) is 18.4 Å². The van der Waals surface area contributed by atoms with Gasteiger partial charge in [-0.2, -0.15) is 10.1 Å². The van der Waals surface area contributed by atoms with E-state index in [4.69, 9.17) is 4.52 Å². The molecule has 0 radical (unpaired) electrons. The lowest BCUT2D eigenvalue weighted by molar-refractivity contribution is -0.134. The highest BCUT2D eigenvalue weighted by Crippen LogP contribution is 2.41. The fourth-order valence-corrected chi connectivity index (χ4v) is 5.66. The van der Waals surface area contributed by atoms with Crippen LogP contribution in [0.5, 0.6) is 0 Å². The molecule has 188 valence electrons. The van der Waals surface area contributed by atoms with Crippen molar-refractivity contribution >= 4 is 28.4 Å². The third-order valence-electron chi connectivity index (χ3n) is 7.90. The summed E-state index contributed by atoms with van der Waals surface area (Å²) in [5, 5.41) is 12.0. The molecular weight excluding hydrogens is 470 g/mol. The second-order valence-corrected chi connectivity index (χ2v) is 10.2. The molecule has 1 saturated carbocycles. The van der Waals surface area contributed by atoms with Gasteiger partial charge < -0.3 is 19.2 Å². The Bertz CT molecular complexity index is 1470. The van der Waals surface area contributed by atoms with Gasteiger partial charge in [-0.1, -0.05) is 23.4 Å². The minimum absolute atomic E-state index is 0.0232. The quantitative estimate of drug-likeness (QED) is 0.450. The van der Waals surface area contributed by atoms with E-state index in [1.807, 2.05) is 58.3 Å². The number of piperidine rings is 1. The minimum atomic E-state index is -0.716. The fraction of sp³-hybridized carbons (Fsp3) is 0.370. The Morgan fingerprint density at radius 1 is 1.11 bits per heavy atom. The molecule has 1 spiro atoms. The highest BCUT2D eigenvalue weighted by Gasteiger charge is 2.54. The number of amides is 2. The number of likely N-dealkylation sites (tertiary alicyclic amines) is 1. The third-order valence-corrected chi connectivity index (χ3v) is 7.90. The van der Waals surface area contributed by atoms with Crippen molar-refractivity contribution in [1.82, 2.24) is 30.1 Å². The van der Waals surface area contributed by atoms with E-state index in [2.05, 4.69) is 25.2 Å². The number of aromatic nitrogens is 4. The molecule has 1 aliphatic carbocycles. The molecule has 10 nitrogen and oxygen atoms in total. The zero-order chi connectivity index (χ0) is 25.0. The summed E-state index contributed by atoms with van der Waals surface area (Å²) in [5.41, 5.74) is 1.81. The number of hydrogen-bond donors (Lipinski definition) is 1.